The minimum atomic E-state index is -0.825. The normalized spacial score (nSPS) is 10.6. The molecule has 0 atom stereocenters. The van der Waals surface area contributed by atoms with E-state index in [4.69, 9.17) is 0 Å². The highest BCUT2D eigenvalue weighted by atomic mass is 19.1. The second-order valence-electron chi connectivity index (χ2n) is 3.20. The smallest absolute Gasteiger partial charge is 0.295 e. The molecule has 1 aromatic heterocycles. The molecule has 1 heterocycles. The predicted octanol–water partition coefficient (Wildman–Crippen LogP) is 1.28. The second kappa shape index (κ2) is 3.37. The Morgan fingerprint density at radius 3 is 2.81 bits per heavy atom. The van der Waals surface area contributed by atoms with Crippen LogP contribution in [0.3, 0.4) is 0 Å². The number of hydrogen-bond acceptors (Lipinski definition) is 4. The summed E-state index contributed by atoms with van der Waals surface area (Å²) >= 11 is 0. The molecule has 2 rings (SSSR count). The van der Waals surface area contributed by atoms with Gasteiger partial charge in [-0.3, -0.25) is 14.9 Å². The number of aromatic amines is 1. The Kier molecular flexibility index (Phi) is 2.15. The van der Waals surface area contributed by atoms with Gasteiger partial charge < -0.3 is 4.98 Å². The molecule has 1 N–H and O–H groups in total. The Hall–Kier alpha value is -2.31. The third-order valence-corrected chi connectivity index (χ3v) is 2.10. The summed E-state index contributed by atoms with van der Waals surface area (Å²) in [5.74, 6) is -0.624. The fraction of sp³-hybridized carbons (Fsp3) is 0.111. The first-order valence-corrected chi connectivity index (χ1v) is 4.34. The van der Waals surface area contributed by atoms with Crippen molar-refractivity contribution in [1.82, 2.24) is 9.97 Å². The number of rotatable bonds is 1. The summed E-state index contributed by atoms with van der Waals surface area (Å²) < 4.78 is 13.3. The van der Waals surface area contributed by atoms with Gasteiger partial charge in [0, 0.05) is 6.07 Å². The van der Waals surface area contributed by atoms with Gasteiger partial charge in [0.05, 0.1) is 4.92 Å². The molecule has 0 amide bonds. The van der Waals surface area contributed by atoms with Gasteiger partial charge in [-0.05, 0) is 13.0 Å². The Morgan fingerprint density at radius 2 is 2.19 bits per heavy atom. The number of fused-ring (bicyclic) bond motifs is 1. The molecular formula is C9H6FN3O3. The minimum absolute atomic E-state index is 0.200. The van der Waals surface area contributed by atoms with Crippen LogP contribution in [0, 0.1) is 22.9 Å². The maximum atomic E-state index is 13.3. The summed E-state index contributed by atoms with van der Waals surface area (Å²) in [6.07, 6.45) is 0. The molecule has 16 heavy (non-hydrogen) atoms. The van der Waals surface area contributed by atoms with Gasteiger partial charge in [-0.25, -0.2) is 9.37 Å². The van der Waals surface area contributed by atoms with Crippen LogP contribution in [-0.2, 0) is 0 Å². The van der Waals surface area contributed by atoms with Crippen LogP contribution in [0.15, 0.2) is 16.9 Å². The number of H-pyrrole nitrogens is 1. The lowest BCUT2D eigenvalue weighted by atomic mass is 10.2. The summed E-state index contributed by atoms with van der Waals surface area (Å²) in [6, 6.07) is 1.87. The fourth-order valence-corrected chi connectivity index (χ4v) is 1.45. The van der Waals surface area contributed by atoms with Crippen LogP contribution in [-0.4, -0.2) is 14.9 Å². The third-order valence-electron chi connectivity index (χ3n) is 2.10. The quantitative estimate of drug-likeness (QED) is 0.582. The molecule has 2 aromatic rings. The number of nitro benzene ring substituents is 1. The first-order chi connectivity index (χ1) is 7.50. The lowest BCUT2D eigenvalue weighted by Crippen LogP contribution is -2.12. The van der Waals surface area contributed by atoms with Gasteiger partial charge in [0.25, 0.3) is 11.2 Å². The summed E-state index contributed by atoms with van der Waals surface area (Å²) in [6.45, 7) is 1.47. The number of aromatic nitrogens is 2. The molecular weight excluding hydrogens is 217 g/mol. The molecule has 6 nitrogen and oxygen atoms in total. The van der Waals surface area contributed by atoms with Crippen LogP contribution in [0.5, 0.6) is 0 Å². The number of nitrogens with one attached hydrogen (secondary N) is 1. The molecule has 0 radical (unpaired) electrons. The molecule has 0 aliphatic heterocycles. The van der Waals surface area contributed by atoms with Crippen molar-refractivity contribution in [2.75, 3.05) is 0 Å². The Bertz CT molecular complexity index is 650. The highest BCUT2D eigenvalue weighted by molar-refractivity contribution is 5.86. The van der Waals surface area contributed by atoms with Gasteiger partial charge in [0.1, 0.15) is 17.0 Å². The van der Waals surface area contributed by atoms with Gasteiger partial charge in [0.15, 0.2) is 5.52 Å². The van der Waals surface area contributed by atoms with E-state index in [1.807, 2.05) is 0 Å². The van der Waals surface area contributed by atoms with Crippen molar-refractivity contribution >= 4 is 16.6 Å². The number of hydrogen-bond donors (Lipinski definition) is 1. The summed E-state index contributed by atoms with van der Waals surface area (Å²) in [7, 11) is 0. The zero-order valence-corrected chi connectivity index (χ0v) is 8.15. The molecule has 0 spiro atoms. The van der Waals surface area contributed by atoms with Crippen LogP contribution in [0.4, 0.5) is 10.1 Å². The van der Waals surface area contributed by atoms with E-state index in [9.17, 15) is 19.3 Å². The van der Waals surface area contributed by atoms with E-state index in [2.05, 4.69) is 9.97 Å². The van der Waals surface area contributed by atoms with Crippen molar-refractivity contribution in [3.05, 3.63) is 44.2 Å². The Balaban J connectivity index is 3.04. The van der Waals surface area contributed by atoms with Crippen molar-refractivity contribution in [2.24, 2.45) is 0 Å². The second-order valence-corrected chi connectivity index (χ2v) is 3.20. The molecule has 0 saturated carbocycles. The molecule has 0 bridgehead atoms. The first kappa shape index (κ1) is 10.2. The molecule has 82 valence electrons. The standard InChI is InChI=1S/C9H6FN3O3/c1-4-11-8-6(13(15)16)3-2-5(10)7(8)9(14)12-4/h2-3H,1H3,(H,11,12,14). The van der Waals surface area contributed by atoms with E-state index < -0.39 is 16.3 Å². The van der Waals surface area contributed by atoms with Crippen molar-refractivity contribution in [3.8, 4) is 0 Å². The number of benzene rings is 1. The topological polar surface area (TPSA) is 88.9 Å². The maximum Gasteiger partial charge on any atom is 0.295 e. The van der Waals surface area contributed by atoms with Crippen LogP contribution < -0.4 is 5.56 Å². The van der Waals surface area contributed by atoms with Gasteiger partial charge in [-0.1, -0.05) is 0 Å². The number of nitro groups is 1. The van der Waals surface area contributed by atoms with E-state index in [1.165, 1.54) is 6.92 Å². The molecule has 0 unspecified atom stereocenters. The average molecular weight is 223 g/mol. The molecule has 7 heteroatoms. The van der Waals surface area contributed by atoms with Crippen LogP contribution in [0.2, 0.25) is 0 Å². The summed E-state index contributed by atoms with van der Waals surface area (Å²) in [5.41, 5.74) is -1.33. The van der Waals surface area contributed by atoms with Gasteiger partial charge in [-0.2, -0.15) is 0 Å². The van der Waals surface area contributed by atoms with E-state index in [0.29, 0.717) is 0 Å². The van der Waals surface area contributed by atoms with Crippen molar-refractivity contribution in [1.29, 1.82) is 0 Å². The van der Waals surface area contributed by atoms with Crippen molar-refractivity contribution in [3.63, 3.8) is 0 Å². The summed E-state index contributed by atoms with van der Waals surface area (Å²) in [5, 5.41) is 10.3. The third kappa shape index (κ3) is 1.42. The number of non-ortho nitro benzene ring substituents is 1. The van der Waals surface area contributed by atoms with Crippen LogP contribution in [0.1, 0.15) is 5.82 Å². The Labute approximate surface area is 87.9 Å². The lowest BCUT2D eigenvalue weighted by molar-refractivity contribution is -0.383. The van der Waals surface area contributed by atoms with Gasteiger partial charge >= 0.3 is 0 Å². The van der Waals surface area contributed by atoms with E-state index >= 15 is 0 Å². The zero-order valence-electron chi connectivity index (χ0n) is 8.15. The Morgan fingerprint density at radius 1 is 1.50 bits per heavy atom. The fourth-order valence-electron chi connectivity index (χ4n) is 1.45. The molecule has 0 aliphatic carbocycles. The average Bonchev–Trinajstić information content (AvgIpc) is 2.15. The highest BCUT2D eigenvalue weighted by Crippen LogP contribution is 2.23. The maximum absolute atomic E-state index is 13.3. The predicted molar refractivity (Wildman–Crippen MR) is 53.7 cm³/mol. The zero-order chi connectivity index (χ0) is 11.9. The number of halogens is 1. The van der Waals surface area contributed by atoms with Gasteiger partial charge in [-0.15, -0.1) is 0 Å². The van der Waals surface area contributed by atoms with Gasteiger partial charge in [0.2, 0.25) is 0 Å². The van der Waals surface area contributed by atoms with E-state index in [0.717, 1.165) is 12.1 Å². The van der Waals surface area contributed by atoms with Crippen LogP contribution >= 0.6 is 0 Å². The van der Waals surface area contributed by atoms with Crippen molar-refractivity contribution < 1.29 is 9.31 Å². The molecule has 0 aliphatic rings. The molecule has 0 fully saturated rings. The largest absolute Gasteiger partial charge is 0.310 e. The van der Waals surface area contributed by atoms with E-state index in [-0.39, 0.29) is 22.4 Å². The molecule has 1 aromatic carbocycles. The SMILES string of the molecule is Cc1nc2c([N+](=O)[O-])ccc(F)c2c(=O)[nH]1. The number of nitrogens with zero attached hydrogens (tertiary/aromatic N) is 2. The molecule has 0 saturated heterocycles. The minimum Gasteiger partial charge on any atom is -0.310 e. The number of aryl methyl sites for hydroxylation is 1. The van der Waals surface area contributed by atoms with Crippen LogP contribution in [0.25, 0.3) is 10.9 Å². The highest BCUT2D eigenvalue weighted by Gasteiger charge is 2.18. The first-order valence-electron chi connectivity index (χ1n) is 4.34. The van der Waals surface area contributed by atoms with Crippen molar-refractivity contribution in [2.45, 2.75) is 6.92 Å². The lowest BCUT2D eigenvalue weighted by Gasteiger charge is -2.00. The monoisotopic (exact) mass is 223 g/mol. The summed E-state index contributed by atoms with van der Waals surface area (Å²) in [4.78, 5) is 27.5. The van der Waals surface area contributed by atoms with E-state index in [1.54, 1.807) is 0 Å².